The molecule has 1 atom stereocenters. The summed E-state index contributed by atoms with van der Waals surface area (Å²) in [5, 5.41) is 3.69. The van der Waals surface area contributed by atoms with Crippen molar-refractivity contribution in [1.29, 1.82) is 0 Å². The Bertz CT molecular complexity index is 237. The molecule has 0 amide bonds. The van der Waals surface area contributed by atoms with Gasteiger partial charge in [-0.05, 0) is 37.5 Å². The zero-order chi connectivity index (χ0) is 12.5. The fourth-order valence-electron chi connectivity index (χ4n) is 3.48. The molecule has 1 saturated heterocycles. The van der Waals surface area contributed by atoms with Gasteiger partial charge >= 0.3 is 0 Å². The Morgan fingerprint density at radius 2 is 1.76 bits per heavy atom. The molecule has 0 spiro atoms. The Labute approximate surface area is 107 Å². The maximum absolute atomic E-state index is 3.69. The Morgan fingerprint density at radius 3 is 2.35 bits per heavy atom. The fourth-order valence-corrected chi connectivity index (χ4v) is 3.48. The molecule has 0 aromatic rings. The van der Waals surface area contributed by atoms with Crippen LogP contribution in [0.5, 0.6) is 0 Å². The lowest BCUT2D eigenvalue weighted by atomic mass is 9.75. The van der Waals surface area contributed by atoms with Crippen LogP contribution in [0, 0.1) is 5.41 Å². The molecule has 1 aliphatic heterocycles. The molecule has 17 heavy (non-hydrogen) atoms. The average molecular weight is 238 g/mol. The van der Waals surface area contributed by atoms with Gasteiger partial charge in [-0.1, -0.05) is 27.7 Å². The van der Waals surface area contributed by atoms with E-state index in [1.165, 1.54) is 45.2 Å². The second-order valence-corrected chi connectivity index (χ2v) is 7.20. The summed E-state index contributed by atoms with van der Waals surface area (Å²) in [5.74, 6) is 0. The normalized spacial score (nSPS) is 31.2. The van der Waals surface area contributed by atoms with E-state index in [1.807, 2.05) is 0 Å². The Kier molecular flexibility index (Phi) is 4.14. The molecular formula is C15H30N2. The average Bonchev–Trinajstić information content (AvgIpc) is 2.65. The van der Waals surface area contributed by atoms with Crippen molar-refractivity contribution in [2.75, 3.05) is 13.1 Å². The molecule has 1 aliphatic carbocycles. The monoisotopic (exact) mass is 238 g/mol. The van der Waals surface area contributed by atoms with Gasteiger partial charge in [0.25, 0.3) is 0 Å². The quantitative estimate of drug-likeness (QED) is 0.813. The number of likely N-dealkylation sites (tertiary alicyclic amines) is 1. The molecule has 2 aliphatic rings. The summed E-state index contributed by atoms with van der Waals surface area (Å²) in [6.45, 7) is 12.0. The van der Waals surface area contributed by atoms with Crippen LogP contribution in [0.1, 0.15) is 59.8 Å². The molecule has 2 fully saturated rings. The first kappa shape index (κ1) is 13.4. The predicted octanol–water partition coefficient (Wildman–Crippen LogP) is 3.03. The van der Waals surface area contributed by atoms with Gasteiger partial charge in [0.05, 0.1) is 0 Å². The van der Waals surface area contributed by atoms with Crippen LogP contribution in [0.3, 0.4) is 0 Å². The molecule has 1 N–H and O–H groups in total. The lowest BCUT2D eigenvalue weighted by Crippen LogP contribution is -2.41. The van der Waals surface area contributed by atoms with E-state index in [-0.39, 0.29) is 0 Å². The lowest BCUT2D eigenvalue weighted by Gasteiger charge is -2.38. The van der Waals surface area contributed by atoms with E-state index in [0.29, 0.717) is 11.5 Å². The fraction of sp³-hybridized carbons (Fsp3) is 1.00. The van der Waals surface area contributed by atoms with E-state index in [0.717, 1.165) is 12.1 Å². The molecule has 0 bridgehead atoms. The summed E-state index contributed by atoms with van der Waals surface area (Å²) in [6, 6.07) is 2.25. The summed E-state index contributed by atoms with van der Waals surface area (Å²) in [6.07, 6.45) is 7.01. The van der Waals surface area contributed by atoms with Crippen LogP contribution < -0.4 is 5.32 Å². The minimum atomic E-state index is 0.603. The highest BCUT2D eigenvalue weighted by atomic mass is 15.2. The molecule has 0 aromatic heterocycles. The maximum atomic E-state index is 3.69. The van der Waals surface area contributed by atoms with E-state index in [9.17, 15) is 0 Å². The minimum absolute atomic E-state index is 0.603. The highest BCUT2D eigenvalue weighted by Crippen LogP contribution is 2.37. The molecule has 1 heterocycles. The maximum Gasteiger partial charge on any atom is 0.0209 e. The lowest BCUT2D eigenvalue weighted by molar-refractivity contribution is 0.124. The summed E-state index contributed by atoms with van der Waals surface area (Å²) < 4.78 is 0. The number of nitrogens with one attached hydrogen (secondary N) is 1. The zero-order valence-corrected chi connectivity index (χ0v) is 12.1. The third kappa shape index (κ3) is 3.69. The van der Waals surface area contributed by atoms with Crippen LogP contribution in [-0.2, 0) is 0 Å². The van der Waals surface area contributed by atoms with Crippen molar-refractivity contribution in [2.24, 2.45) is 5.41 Å². The standard InChI is InChI=1S/C15H30N2/c1-12(2)16-13-7-10-17(11-13)14-5-8-15(3,4)9-6-14/h12-14,16H,5-11H2,1-4H3. The Hall–Kier alpha value is -0.0800. The van der Waals surface area contributed by atoms with Gasteiger partial charge in [-0.25, -0.2) is 0 Å². The van der Waals surface area contributed by atoms with Crippen LogP contribution >= 0.6 is 0 Å². The molecule has 2 rings (SSSR count). The number of nitrogens with zero attached hydrogens (tertiary/aromatic N) is 1. The van der Waals surface area contributed by atoms with Gasteiger partial charge in [-0.3, -0.25) is 4.90 Å². The third-order valence-electron chi connectivity index (χ3n) is 4.61. The van der Waals surface area contributed by atoms with Crippen molar-refractivity contribution >= 4 is 0 Å². The number of hydrogen-bond donors (Lipinski definition) is 1. The topological polar surface area (TPSA) is 15.3 Å². The molecule has 2 heteroatoms. The van der Waals surface area contributed by atoms with E-state index >= 15 is 0 Å². The van der Waals surface area contributed by atoms with Gasteiger partial charge < -0.3 is 5.32 Å². The smallest absolute Gasteiger partial charge is 0.0209 e. The minimum Gasteiger partial charge on any atom is -0.310 e. The molecule has 0 aromatic carbocycles. The van der Waals surface area contributed by atoms with Crippen LogP contribution in [-0.4, -0.2) is 36.1 Å². The highest BCUT2D eigenvalue weighted by molar-refractivity contribution is 4.90. The van der Waals surface area contributed by atoms with Gasteiger partial charge in [-0.15, -0.1) is 0 Å². The first-order valence-corrected chi connectivity index (χ1v) is 7.46. The van der Waals surface area contributed by atoms with Crippen LogP contribution in [0.2, 0.25) is 0 Å². The predicted molar refractivity (Wildman–Crippen MR) is 74.3 cm³/mol. The summed E-state index contributed by atoms with van der Waals surface area (Å²) in [7, 11) is 0. The van der Waals surface area contributed by atoms with Crippen molar-refractivity contribution in [3.05, 3.63) is 0 Å². The summed E-state index contributed by atoms with van der Waals surface area (Å²) in [4.78, 5) is 2.75. The summed E-state index contributed by atoms with van der Waals surface area (Å²) >= 11 is 0. The molecule has 2 nitrogen and oxygen atoms in total. The van der Waals surface area contributed by atoms with Gasteiger partial charge in [-0.2, -0.15) is 0 Å². The zero-order valence-electron chi connectivity index (χ0n) is 12.1. The Morgan fingerprint density at radius 1 is 1.12 bits per heavy atom. The molecular weight excluding hydrogens is 208 g/mol. The first-order valence-electron chi connectivity index (χ1n) is 7.46. The number of rotatable bonds is 3. The van der Waals surface area contributed by atoms with Gasteiger partial charge in [0.1, 0.15) is 0 Å². The largest absolute Gasteiger partial charge is 0.310 e. The Balaban J connectivity index is 1.77. The van der Waals surface area contributed by atoms with Crippen molar-refractivity contribution in [3.63, 3.8) is 0 Å². The molecule has 1 saturated carbocycles. The van der Waals surface area contributed by atoms with Crippen molar-refractivity contribution in [1.82, 2.24) is 10.2 Å². The van der Waals surface area contributed by atoms with Gasteiger partial charge in [0.15, 0.2) is 0 Å². The van der Waals surface area contributed by atoms with E-state index in [4.69, 9.17) is 0 Å². The van der Waals surface area contributed by atoms with Crippen LogP contribution in [0.15, 0.2) is 0 Å². The summed E-state index contributed by atoms with van der Waals surface area (Å²) in [5.41, 5.74) is 0.603. The van der Waals surface area contributed by atoms with Crippen LogP contribution in [0.4, 0.5) is 0 Å². The molecule has 1 unspecified atom stereocenters. The van der Waals surface area contributed by atoms with Crippen LogP contribution in [0.25, 0.3) is 0 Å². The second kappa shape index (κ2) is 5.27. The van der Waals surface area contributed by atoms with Crippen molar-refractivity contribution < 1.29 is 0 Å². The second-order valence-electron chi connectivity index (χ2n) is 7.20. The van der Waals surface area contributed by atoms with Crippen molar-refractivity contribution in [3.8, 4) is 0 Å². The van der Waals surface area contributed by atoms with E-state index < -0.39 is 0 Å². The highest BCUT2D eigenvalue weighted by Gasteiger charge is 2.33. The number of hydrogen-bond acceptors (Lipinski definition) is 2. The van der Waals surface area contributed by atoms with E-state index in [2.05, 4.69) is 37.9 Å². The van der Waals surface area contributed by atoms with Gasteiger partial charge in [0, 0.05) is 31.2 Å². The van der Waals surface area contributed by atoms with Gasteiger partial charge in [0.2, 0.25) is 0 Å². The SMILES string of the molecule is CC(C)NC1CCN(C2CCC(C)(C)CC2)C1. The van der Waals surface area contributed by atoms with E-state index in [1.54, 1.807) is 0 Å². The van der Waals surface area contributed by atoms with Crippen molar-refractivity contribution in [2.45, 2.75) is 77.9 Å². The molecule has 0 radical (unpaired) electrons. The third-order valence-corrected chi connectivity index (χ3v) is 4.61. The first-order chi connectivity index (χ1) is 7.96. The molecule has 100 valence electrons.